The predicted molar refractivity (Wildman–Crippen MR) is 171 cm³/mol. The van der Waals surface area contributed by atoms with E-state index in [-0.39, 0.29) is 19.0 Å². The SMILES string of the molecule is N#Cc1cccc(NC(=N)NCCOCCOCCOCCOCCOCCOCCOCCOCCOCCOCCC(=O)O)c1. The second-order valence-electron chi connectivity index (χ2n) is 9.39. The van der Waals surface area contributed by atoms with E-state index in [9.17, 15) is 4.79 Å². The van der Waals surface area contributed by atoms with Crippen molar-refractivity contribution in [1.29, 1.82) is 10.7 Å². The van der Waals surface area contributed by atoms with Crippen LogP contribution in [0.1, 0.15) is 12.0 Å². The Bertz CT molecular complexity index is 938. The smallest absolute Gasteiger partial charge is 0.305 e. The largest absolute Gasteiger partial charge is 0.481 e. The first-order chi connectivity index (χ1) is 23.1. The van der Waals surface area contributed by atoms with Gasteiger partial charge in [0.2, 0.25) is 0 Å². The summed E-state index contributed by atoms with van der Waals surface area (Å²) in [5.74, 6) is -0.745. The second kappa shape index (κ2) is 33.0. The maximum atomic E-state index is 10.3. The molecule has 0 fully saturated rings. The van der Waals surface area contributed by atoms with Gasteiger partial charge in [-0.15, -0.1) is 0 Å². The van der Waals surface area contributed by atoms with Gasteiger partial charge >= 0.3 is 5.97 Å². The molecule has 0 atom stereocenters. The molecule has 0 heterocycles. The Hall–Kier alpha value is -2.95. The van der Waals surface area contributed by atoms with E-state index < -0.39 is 5.97 Å². The number of nitrogens with one attached hydrogen (secondary N) is 3. The van der Waals surface area contributed by atoms with Crippen molar-refractivity contribution >= 4 is 17.6 Å². The van der Waals surface area contributed by atoms with Crippen LogP contribution in [0.25, 0.3) is 0 Å². The fourth-order valence-corrected chi connectivity index (χ4v) is 3.34. The van der Waals surface area contributed by atoms with Crippen LogP contribution in [0.5, 0.6) is 0 Å². The summed E-state index contributed by atoms with van der Waals surface area (Å²) in [5, 5.41) is 31.1. The number of anilines is 1. The third-order valence-corrected chi connectivity index (χ3v) is 5.62. The third-order valence-electron chi connectivity index (χ3n) is 5.62. The molecule has 0 spiro atoms. The van der Waals surface area contributed by atoms with Crippen LogP contribution in [0.2, 0.25) is 0 Å². The molecule has 0 saturated heterocycles. The Morgan fingerprint density at radius 1 is 0.617 bits per heavy atom. The van der Waals surface area contributed by atoms with Crippen LogP contribution in [0, 0.1) is 16.7 Å². The molecule has 1 rings (SSSR count). The molecule has 1 aromatic carbocycles. The van der Waals surface area contributed by atoms with Crippen LogP contribution in [-0.2, 0) is 52.2 Å². The van der Waals surface area contributed by atoms with Crippen molar-refractivity contribution in [2.45, 2.75) is 6.42 Å². The number of rotatable bonds is 34. The van der Waals surface area contributed by atoms with Crippen molar-refractivity contribution < 1.29 is 57.3 Å². The average molecular weight is 673 g/mol. The molecule has 0 aliphatic rings. The number of ether oxygens (including phenoxy) is 10. The highest BCUT2D eigenvalue weighted by Gasteiger charge is 2.00. The Labute approximate surface area is 277 Å². The first-order valence-corrected chi connectivity index (χ1v) is 15.7. The van der Waals surface area contributed by atoms with Crippen molar-refractivity contribution in [3.63, 3.8) is 0 Å². The third kappa shape index (κ3) is 30.2. The minimum absolute atomic E-state index is 0.00703. The van der Waals surface area contributed by atoms with E-state index in [0.717, 1.165) is 0 Å². The van der Waals surface area contributed by atoms with Gasteiger partial charge in [-0.25, -0.2) is 0 Å². The standard InChI is InChI=1S/C31H52N4O12/c32-27-28-2-1-3-29(26-28)35-31(33)34-5-7-39-9-11-41-13-15-43-17-19-45-21-23-47-25-24-46-22-20-44-18-16-42-14-12-40-10-8-38-6-4-30(36)37/h1-3,26H,4-25H2,(H,36,37)(H3,33,34,35). The highest BCUT2D eigenvalue weighted by molar-refractivity contribution is 5.91. The molecule has 0 aromatic heterocycles. The van der Waals surface area contributed by atoms with E-state index in [1.54, 1.807) is 24.3 Å². The van der Waals surface area contributed by atoms with E-state index in [1.807, 2.05) is 0 Å². The molecule has 0 amide bonds. The Morgan fingerprint density at radius 3 is 1.34 bits per heavy atom. The molecule has 0 saturated carbocycles. The van der Waals surface area contributed by atoms with Gasteiger partial charge in [0.25, 0.3) is 0 Å². The number of benzene rings is 1. The fourth-order valence-electron chi connectivity index (χ4n) is 3.34. The number of nitriles is 1. The number of carboxylic acid groups (broad SMARTS) is 1. The molecule has 4 N–H and O–H groups in total. The molecule has 0 aliphatic heterocycles. The molecular weight excluding hydrogens is 620 g/mol. The quantitative estimate of drug-likeness (QED) is 0.0461. The van der Waals surface area contributed by atoms with Crippen LogP contribution in [0.15, 0.2) is 24.3 Å². The van der Waals surface area contributed by atoms with Crippen LogP contribution in [0.4, 0.5) is 5.69 Å². The number of hydrogen-bond donors (Lipinski definition) is 4. The second-order valence-corrected chi connectivity index (χ2v) is 9.39. The van der Waals surface area contributed by atoms with Gasteiger partial charge in [-0.3, -0.25) is 10.2 Å². The maximum Gasteiger partial charge on any atom is 0.305 e. The molecule has 0 unspecified atom stereocenters. The lowest BCUT2D eigenvalue weighted by Crippen LogP contribution is -2.32. The van der Waals surface area contributed by atoms with Crippen molar-refractivity contribution in [2.24, 2.45) is 0 Å². The van der Waals surface area contributed by atoms with Gasteiger partial charge in [-0.2, -0.15) is 5.26 Å². The van der Waals surface area contributed by atoms with E-state index in [2.05, 4.69) is 16.7 Å². The van der Waals surface area contributed by atoms with Gasteiger partial charge in [0, 0.05) is 12.2 Å². The van der Waals surface area contributed by atoms with Crippen LogP contribution in [-0.4, -0.2) is 156 Å². The van der Waals surface area contributed by atoms with Gasteiger partial charge in [-0.05, 0) is 18.2 Å². The molecule has 268 valence electrons. The number of aliphatic carboxylic acids is 1. The van der Waals surface area contributed by atoms with E-state index in [1.165, 1.54) is 0 Å². The molecule has 1 aromatic rings. The van der Waals surface area contributed by atoms with Gasteiger partial charge < -0.3 is 63.1 Å². The normalized spacial score (nSPS) is 11.0. The number of guanidine groups is 1. The summed E-state index contributed by atoms with van der Waals surface area (Å²) in [5.41, 5.74) is 1.20. The number of nitrogens with zero attached hydrogens (tertiary/aromatic N) is 1. The minimum atomic E-state index is -0.878. The lowest BCUT2D eigenvalue weighted by molar-refractivity contribution is -0.138. The molecule has 47 heavy (non-hydrogen) atoms. The Balaban J connectivity index is 1.67. The monoisotopic (exact) mass is 672 g/mol. The number of carbonyl (C=O) groups is 1. The van der Waals surface area contributed by atoms with Gasteiger partial charge in [0.05, 0.1) is 150 Å². The van der Waals surface area contributed by atoms with Crippen molar-refractivity contribution in [3.8, 4) is 6.07 Å². The topological polar surface area (TPSA) is 201 Å². The zero-order chi connectivity index (χ0) is 33.9. The molecule has 0 aliphatic carbocycles. The van der Waals surface area contributed by atoms with E-state index >= 15 is 0 Å². The predicted octanol–water partition coefficient (Wildman–Crippen LogP) is 1.14. The number of hydrogen-bond acceptors (Lipinski definition) is 13. The van der Waals surface area contributed by atoms with Crippen LogP contribution >= 0.6 is 0 Å². The van der Waals surface area contributed by atoms with Gasteiger partial charge in [0.1, 0.15) is 0 Å². The van der Waals surface area contributed by atoms with Crippen LogP contribution < -0.4 is 10.6 Å². The maximum absolute atomic E-state index is 10.3. The average Bonchev–Trinajstić information content (AvgIpc) is 3.06. The van der Waals surface area contributed by atoms with E-state index in [4.69, 9.17) is 63.1 Å². The van der Waals surface area contributed by atoms with Crippen molar-refractivity contribution in [1.82, 2.24) is 5.32 Å². The van der Waals surface area contributed by atoms with Crippen molar-refractivity contribution in [2.75, 3.05) is 144 Å². The van der Waals surface area contributed by atoms with Gasteiger partial charge in [-0.1, -0.05) is 6.07 Å². The zero-order valence-electron chi connectivity index (χ0n) is 27.3. The Kier molecular flexibility index (Phi) is 29.5. The summed E-state index contributed by atoms with van der Waals surface area (Å²) >= 11 is 0. The summed E-state index contributed by atoms with van der Waals surface area (Å²) in [6.07, 6.45) is -0.00703. The summed E-state index contributed by atoms with van der Waals surface area (Å²) in [6.45, 7) is 9.31. The summed E-state index contributed by atoms with van der Waals surface area (Å²) in [6, 6.07) is 8.99. The lowest BCUT2D eigenvalue weighted by atomic mass is 10.2. The molecule has 0 bridgehead atoms. The molecule has 0 radical (unpaired) electrons. The van der Waals surface area contributed by atoms with Crippen LogP contribution in [0.3, 0.4) is 0 Å². The highest BCUT2D eigenvalue weighted by atomic mass is 16.6. The first kappa shape index (κ1) is 42.1. The molecule has 16 heteroatoms. The summed E-state index contributed by atoms with van der Waals surface area (Å²) in [4.78, 5) is 10.3. The summed E-state index contributed by atoms with van der Waals surface area (Å²) in [7, 11) is 0. The zero-order valence-corrected chi connectivity index (χ0v) is 27.3. The van der Waals surface area contributed by atoms with E-state index in [0.29, 0.717) is 143 Å². The molecular formula is C31H52N4O12. The van der Waals surface area contributed by atoms with Gasteiger partial charge in [0.15, 0.2) is 5.96 Å². The highest BCUT2D eigenvalue weighted by Crippen LogP contribution is 2.08. The minimum Gasteiger partial charge on any atom is -0.481 e. The first-order valence-electron chi connectivity index (χ1n) is 15.7. The molecule has 16 nitrogen and oxygen atoms in total. The lowest BCUT2D eigenvalue weighted by Gasteiger charge is -2.11. The van der Waals surface area contributed by atoms with Crippen molar-refractivity contribution in [3.05, 3.63) is 29.8 Å². The Morgan fingerprint density at radius 2 is 0.979 bits per heavy atom. The number of carboxylic acids is 1. The summed E-state index contributed by atoms with van der Waals surface area (Å²) < 4.78 is 54.0. The fraction of sp³-hybridized carbons (Fsp3) is 0.710.